The van der Waals surface area contributed by atoms with Crippen LogP contribution in [0.15, 0.2) is 76.6 Å². The van der Waals surface area contributed by atoms with Crippen LogP contribution in [0.4, 0.5) is 11.5 Å². The van der Waals surface area contributed by atoms with E-state index >= 15 is 0 Å². The zero-order valence-corrected chi connectivity index (χ0v) is 25.6. The number of aromatic amines is 1. The number of carbonyl (C=O) groups excluding carboxylic acids is 1. The first-order chi connectivity index (χ1) is 21.4. The summed E-state index contributed by atoms with van der Waals surface area (Å²) in [6.07, 6.45) is 10.3. The molecule has 3 aromatic heterocycles. The number of nitrogens with zero attached hydrogens (tertiary/aromatic N) is 7. The highest BCUT2D eigenvalue weighted by atomic mass is 16.2. The first-order valence-corrected chi connectivity index (χ1v) is 14.8. The van der Waals surface area contributed by atoms with Crippen molar-refractivity contribution >= 4 is 46.9 Å². The van der Waals surface area contributed by atoms with Crippen molar-refractivity contribution in [2.75, 3.05) is 11.9 Å². The summed E-state index contributed by atoms with van der Waals surface area (Å²) in [6.45, 7) is 9.24. The summed E-state index contributed by atoms with van der Waals surface area (Å²) in [6, 6.07) is 13.9. The quantitative estimate of drug-likeness (QED) is 0.215. The number of carbonyl (C=O) groups is 1. The number of aryl methyl sites for hydroxylation is 2. The van der Waals surface area contributed by atoms with Gasteiger partial charge in [-0.05, 0) is 75.2 Å². The number of nitrogens with one attached hydrogen (secondary N) is 1. The van der Waals surface area contributed by atoms with Gasteiger partial charge in [-0.3, -0.25) is 19.2 Å². The van der Waals surface area contributed by atoms with Crippen LogP contribution in [0.3, 0.4) is 0 Å². The van der Waals surface area contributed by atoms with Crippen LogP contribution >= 0.6 is 0 Å². The average Bonchev–Trinajstić information content (AvgIpc) is 3.32. The lowest BCUT2D eigenvalue weighted by Gasteiger charge is -2.17. The Balaban J connectivity index is 0.00000168. The maximum atomic E-state index is 13.8. The van der Waals surface area contributed by atoms with E-state index in [1.807, 2.05) is 79.3 Å². The number of nitrogens with two attached hydrogens (primary N) is 1. The van der Waals surface area contributed by atoms with E-state index in [0.717, 1.165) is 73.8 Å². The number of benzene rings is 2. The molecule has 10 heteroatoms. The van der Waals surface area contributed by atoms with Crippen LogP contribution in [-0.2, 0) is 20.1 Å². The number of hydrogen-bond acceptors (Lipinski definition) is 6. The van der Waals surface area contributed by atoms with Gasteiger partial charge in [0.15, 0.2) is 5.82 Å². The topological polar surface area (TPSA) is 122 Å². The van der Waals surface area contributed by atoms with Gasteiger partial charge < -0.3 is 15.6 Å². The SMILES string of the molecule is C=N/C(=C(/C)C=Nc1cc(C)n(C)n1)c1c[nH]c2c(N3Cc4c(cccc4-c4cnn(CC5CC5)c4)C3=O)cccc12.CN. The molecule has 44 heavy (non-hydrogen) atoms. The summed E-state index contributed by atoms with van der Waals surface area (Å²) in [5.74, 6) is 1.38. The summed E-state index contributed by atoms with van der Waals surface area (Å²) in [5, 5.41) is 9.95. The molecule has 5 aromatic rings. The van der Waals surface area contributed by atoms with Crippen molar-refractivity contribution in [1.29, 1.82) is 0 Å². The number of H-pyrrole nitrogens is 1. The molecule has 1 fully saturated rings. The smallest absolute Gasteiger partial charge is 0.259 e. The lowest BCUT2D eigenvalue weighted by molar-refractivity contribution is 0.0997. The number of aromatic nitrogens is 5. The minimum absolute atomic E-state index is 0.00699. The minimum atomic E-state index is -0.00699. The predicted octanol–water partition coefficient (Wildman–Crippen LogP) is 6.05. The zero-order chi connectivity index (χ0) is 31.0. The molecule has 1 amide bonds. The molecule has 0 spiro atoms. The average molecular weight is 588 g/mol. The van der Waals surface area contributed by atoms with E-state index in [4.69, 9.17) is 0 Å². The number of hydrogen-bond donors (Lipinski definition) is 2. The number of para-hydroxylation sites is 1. The van der Waals surface area contributed by atoms with E-state index in [-0.39, 0.29) is 5.91 Å². The molecule has 0 bridgehead atoms. The number of rotatable bonds is 8. The second-order valence-electron chi connectivity index (χ2n) is 11.2. The van der Waals surface area contributed by atoms with E-state index < -0.39 is 0 Å². The van der Waals surface area contributed by atoms with Crippen molar-refractivity contribution in [2.45, 2.75) is 39.8 Å². The van der Waals surface area contributed by atoms with E-state index in [1.54, 1.807) is 10.9 Å². The molecule has 3 N–H and O–H groups in total. The van der Waals surface area contributed by atoms with Crippen molar-refractivity contribution in [3.63, 3.8) is 0 Å². The van der Waals surface area contributed by atoms with Crippen LogP contribution in [0.1, 0.15) is 46.9 Å². The van der Waals surface area contributed by atoms with Gasteiger partial charge in [0.05, 0.1) is 29.6 Å². The molecule has 1 aliphatic carbocycles. The Kier molecular flexibility index (Phi) is 7.84. The summed E-state index contributed by atoms with van der Waals surface area (Å²) in [7, 11) is 3.39. The van der Waals surface area contributed by atoms with Crippen LogP contribution < -0.4 is 10.6 Å². The van der Waals surface area contributed by atoms with Gasteiger partial charge in [0.2, 0.25) is 0 Å². The molecule has 1 aliphatic heterocycles. The number of allylic oxidation sites excluding steroid dienone is 1. The van der Waals surface area contributed by atoms with Crippen LogP contribution in [-0.4, -0.2) is 50.4 Å². The minimum Gasteiger partial charge on any atom is -0.359 e. The van der Waals surface area contributed by atoms with Crippen LogP contribution in [0.25, 0.3) is 27.7 Å². The first-order valence-electron chi connectivity index (χ1n) is 14.8. The molecule has 0 atom stereocenters. The van der Waals surface area contributed by atoms with E-state index in [0.29, 0.717) is 12.4 Å². The molecule has 224 valence electrons. The third-order valence-corrected chi connectivity index (χ3v) is 8.32. The van der Waals surface area contributed by atoms with Gasteiger partial charge in [-0.25, -0.2) is 4.99 Å². The van der Waals surface area contributed by atoms with Crippen LogP contribution in [0.2, 0.25) is 0 Å². The largest absolute Gasteiger partial charge is 0.359 e. The van der Waals surface area contributed by atoms with Crippen molar-refractivity contribution in [1.82, 2.24) is 24.5 Å². The van der Waals surface area contributed by atoms with Gasteiger partial charge in [0.25, 0.3) is 5.91 Å². The Labute approximate surface area is 256 Å². The summed E-state index contributed by atoms with van der Waals surface area (Å²) >= 11 is 0. The van der Waals surface area contributed by atoms with Gasteiger partial charge in [-0.1, -0.05) is 24.3 Å². The van der Waals surface area contributed by atoms with Gasteiger partial charge in [-0.15, -0.1) is 0 Å². The Morgan fingerprint density at radius 3 is 2.68 bits per heavy atom. The molecule has 0 saturated heterocycles. The molecule has 0 unspecified atom stereocenters. The highest BCUT2D eigenvalue weighted by Gasteiger charge is 2.32. The molecule has 2 aromatic carbocycles. The molecular formula is C34H37N9O. The number of anilines is 1. The molecule has 2 aliphatic rings. The monoisotopic (exact) mass is 587 g/mol. The highest BCUT2D eigenvalue weighted by Crippen LogP contribution is 2.39. The second kappa shape index (κ2) is 11.9. The first kappa shape index (κ1) is 29.0. The highest BCUT2D eigenvalue weighted by molar-refractivity contribution is 6.15. The number of aliphatic imine (C=N–C) groups is 2. The van der Waals surface area contributed by atoms with Crippen LogP contribution in [0.5, 0.6) is 0 Å². The molecule has 10 nitrogen and oxygen atoms in total. The molecule has 7 rings (SSSR count). The van der Waals surface area contributed by atoms with E-state index in [1.165, 1.54) is 19.9 Å². The Morgan fingerprint density at radius 2 is 1.95 bits per heavy atom. The lowest BCUT2D eigenvalue weighted by atomic mass is 9.99. The Hall–Kier alpha value is -5.09. The van der Waals surface area contributed by atoms with E-state index in [2.05, 4.69) is 49.9 Å². The van der Waals surface area contributed by atoms with Crippen molar-refractivity contribution in [2.24, 2.45) is 28.7 Å². The standard InChI is InChI=1S/C33H32N8O.CH5N/c1-20(14-35-30-13-21(2)39(4)38-30)31(34-3)27-16-36-32-25(27)8-6-10-29(32)41-19-28-24(7-5-9-26(28)33(41)42)23-15-37-40(18-23)17-22-11-12-22;1-2/h5-10,13-16,18,22,36H,3,11-12,17,19H2,1-2,4H3;2H2,1H3/b31-20-,35-14?;. The third kappa shape index (κ3) is 5.28. The zero-order valence-electron chi connectivity index (χ0n) is 25.6. The normalized spacial score (nSPS) is 15.0. The molecular weight excluding hydrogens is 550 g/mol. The Morgan fingerprint density at radius 1 is 1.18 bits per heavy atom. The number of amides is 1. The van der Waals surface area contributed by atoms with Crippen molar-refractivity contribution in [3.05, 3.63) is 89.0 Å². The van der Waals surface area contributed by atoms with E-state index in [9.17, 15) is 4.79 Å². The fourth-order valence-corrected chi connectivity index (χ4v) is 5.78. The lowest BCUT2D eigenvalue weighted by Crippen LogP contribution is -2.23. The van der Waals surface area contributed by atoms with Crippen molar-refractivity contribution < 1.29 is 4.79 Å². The van der Waals surface area contributed by atoms with Gasteiger partial charge in [0.1, 0.15) is 0 Å². The van der Waals surface area contributed by atoms with Crippen LogP contribution in [0, 0.1) is 12.8 Å². The molecule has 1 saturated carbocycles. The maximum Gasteiger partial charge on any atom is 0.259 e. The van der Waals surface area contributed by atoms with Gasteiger partial charge >= 0.3 is 0 Å². The second-order valence-corrected chi connectivity index (χ2v) is 11.2. The predicted molar refractivity (Wildman–Crippen MR) is 178 cm³/mol. The Bertz CT molecular complexity index is 1910. The molecule has 0 radical (unpaired) electrons. The van der Waals surface area contributed by atoms with Gasteiger partial charge in [-0.2, -0.15) is 10.2 Å². The fraction of sp³-hybridized carbons (Fsp3) is 0.265. The third-order valence-electron chi connectivity index (χ3n) is 8.32. The molecule has 4 heterocycles. The summed E-state index contributed by atoms with van der Waals surface area (Å²) in [4.78, 5) is 27.9. The summed E-state index contributed by atoms with van der Waals surface area (Å²) in [5.41, 5.74) is 13.6. The number of fused-ring (bicyclic) bond motifs is 2. The summed E-state index contributed by atoms with van der Waals surface area (Å²) < 4.78 is 3.83. The van der Waals surface area contributed by atoms with Gasteiger partial charge in [0, 0.05) is 66.0 Å². The van der Waals surface area contributed by atoms with Crippen molar-refractivity contribution in [3.8, 4) is 11.1 Å². The fourth-order valence-electron chi connectivity index (χ4n) is 5.78. The maximum absolute atomic E-state index is 13.8.